The van der Waals surface area contributed by atoms with E-state index in [0.29, 0.717) is 0 Å². The first-order valence-corrected chi connectivity index (χ1v) is 8.69. The highest BCUT2D eigenvalue weighted by molar-refractivity contribution is 6.28. The van der Waals surface area contributed by atoms with Crippen molar-refractivity contribution in [1.29, 1.82) is 5.41 Å². The molecule has 0 spiro atoms. The van der Waals surface area contributed by atoms with Crippen LogP contribution in [0.2, 0.25) is 5.28 Å². The molecule has 0 aliphatic rings. The summed E-state index contributed by atoms with van der Waals surface area (Å²) in [5.41, 5.74) is 6.08. The first-order chi connectivity index (χ1) is 12.1. The van der Waals surface area contributed by atoms with Crippen molar-refractivity contribution < 1.29 is 0 Å². The molecule has 0 bridgehead atoms. The summed E-state index contributed by atoms with van der Waals surface area (Å²) in [5, 5.41) is 10.9. The number of hydrogen-bond acceptors (Lipinski definition) is 4. The van der Waals surface area contributed by atoms with Gasteiger partial charge < -0.3 is 10.7 Å². The Morgan fingerprint density at radius 2 is 2.12 bits per heavy atom. The van der Waals surface area contributed by atoms with Crippen LogP contribution in [0.15, 0.2) is 42.7 Å². The second kappa shape index (κ2) is 9.14. The van der Waals surface area contributed by atoms with Gasteiger partial charge in [0.05, 0.1) is 5.69 Å². The van der Waals surface area contributed by atoms with E-state index in [1.807, 2.05) is 38.4 Å². The number of halogens is 1. The number of hydrogen-bond donors (Lipinski definition) is 2. The van der Waals surface area contributed by atoms with Crippen LogP contribution in [0.1, 0.15) is 42.7 Å². The van der Waals surface area contributed by atoms with E-state index in [1.165, 1.54) is 11.8 Å². The molecule has 0 aliphatic heterocycles. The fraction of sp³-hybridized carbons (Fsp3) is 0.250. The maximum Gasteiger partial charge on any atom is 0.222 e. The topological polar surface area (TPSA) is 61.7 Å². The number of rotatable bonds is 7. The van der Waals surface area contributed by atoms with Gasteiger partial charge >= 0.3 is 0 Å². The molecule has 2 aromatic rings. The van der Waals surface area contributed by atoms with Crippen molar-refractivity contribution in [3.63, 3.8) is 0 Å². The molecule has 2 rings (SSSR count). The van der Waals surface area contributed by atoms with Crippen LogP contribution >= 0.6 is 11.6 Å². The highest BCUT2D eigenvalue weighted by Gasteiger charge is 2.13. The number of aromatic nitrogens is 2. The minimum absolute atomic E-state index is 0.244. The first-order valence-electron chi connectivity index (χ1n) is 8.31. The zero-order valence-electron chi connectivity index (χ0n) is 14.8. The van der Waals surface area contributed by atoms with Gasteiger partial charge in [0.1, 0.15) is 0 Å². The van der Waals surface area contributed by atoms with E-state index < -0.39 is 0 Å². The molecule has 0 saturated heterocycles. The van der Waals surface area contributed by atoms with Crippen LogP contribution in [0.25, 0.3) is 11.1 Å². The van der Waals surface area contributed by atoms with Gasteiger partial charge in [-0.3, -0.25) is 0 Å². The molecule has 0 aliphatic carbocycles. The Kier molecular flexibility index (Phi) is 6.90. The molecule has 130 valence electrons. The van der Waals surface area contributed by atoms with E-state index in [4.69, 9.17) is 17.0 Å². The average Bonchev–Trinajstić information content (AvgIpc) is 2.62. The maximum atomic E-state index is 7.63. The summed E-state index contributed by atoms with van der Waals surface area (Å²) in [6.45, 7) is 4.16. The molecule has 1 aromatic heterocycles. The summed E-state index contributed by atoms with van der Waals surface area (Å²) in [6.07, 6.45) is 8.90. The van der Waals surface area contributed by atoms with Crippen LogP contribution in [0, 0.1) is 5.41 Å². The monoisotopic (exact) mass is 354 g/mol. The van der Waals surface area contributed by atoms with Gasteiger partial charge in [0.2, 0.25) is 5.28 Å². The number of nitrogens with one attached hydrogen (secondary N) is 2. The summed E-state index contributed by atoms with van der Waals surface area (Å²) in [7, 11) is 1.83. The Hall–Kier alpha value is -2.46. The molecule has 1 heterocycles. The van der Waals surface area contributed by atoms with Gasteiger partial charge in [0, 0.05) is 36.8 Å². The maximum absolute atomic E-state index is 7.63. The minimum Gasteiger partial charge on any atom is -0.393 e. The Labute approximate surface area is 154 Å². The standard InChI is InChI=1S/C20H23ClN4/c1-4-6-15-11-14(16(12-22)13-23-3)7-8-18(15)17(5-2)19-9-10-24-20(21)25-19/h5,7-13,22-23H,4,6H2,1-3H3/b16-13+,17-5+,22-12?. The second-order valence-corrected chi connectivity index (χ2v) is 5.91. The van der Waals surface area contributed by atoms with Crippen molar-refractivity contribution in [3.8, 4) is 0 Å². The largest absolute Gasteiger partial charge is 0.393 e. The van der Waals surface area contributed by atoms with E-state index in [-0.39, 0.29) is 5.28 Å². The van der Waals surface area contributed by atoms with Crippen molar-refractivity contribution in [2.45, 2.75) is 26.7 Å². The fourth-order valence-corrected chi connectivity index (χ4v) is 2.95. The summed E-state index contributed by atoms with van der Waals surface area (Å²) >= 11 is 5.97. The van der Waals surface area contributed by atoms with Gasteiger partial charge in [-0.15, -0.1) is 0 Å². The number of benzene rings is 1. The van der Waals surface area contributed by atoms with E-state index in [9.17, 15) is 0 Å². The highest BCUT2D eigenvalue weighted by Crippen LogP contribution is 2.29. The molecule has 4 nitrogen and oxygen atoms in total. The van der Waals surface area contributed by atoms with Gasteiger partial charge in [-0.1, -0.05) is 37.6 Å². The highest BCUT2D eigenvalue weighted by atomic mass is 35.5. The van der Waals surface area contributed by atoms with Crippen LogP contribution < -0.4 is 5.32 Å². The smallest absolute Gasteiger partial charge is 0.222 e. The summed E-state index contributed by atoms with van der Waals surface area (Å²) in [5.74, 6) is 0. The number of allylic oxidation sites excluding steroid dienone is 2. The van der Waals surface area contributed by atoms with Gasteiger partial charge in [-0.05, 0) is 47.7 Å². The molecule has 0 unspecified atom stereocenters. The van der Waals surface area contributed by atoms with Gasteiger partial charge in [0.15, 0.2) is 0 Å². The quantitative estimate of drug-likeness (QED) is 0.557. The molecule has 0 saturated carbocycles. The van der Waals surface area contributed by atoms with Crippen molar-refractivity contribution in [3.05, 3.63) is 70.4 Å². The third-order valence-corrected chi connectivity index (χ3v) is 4.08. The van der Waals surface area contributed by atoms with Crippen molar-refractivity contribution in [1.82, 2.24) is 15.3 Å². The molecule has 0 amide bonds. The van der Waals surface area contributed by atoms with Crippen molar-refractivity contribution in [2.24, 2.45) is 0 Å². The molecule has 0 atom stereocenters. The summed E-state index contributed by atoms with van der Waals surface area (Å²) < 4.78 is 0. The van der Waals surface area contributed by atoms with E-state index >= 15 is 0 Å². The summed E-state index contributed by atoms with van der Waals surface area (Å²) in [4.78, 5) is 8.32. The lowest BCUT2D eigenvalue weighted by Crippen LogP contribution is -2.01. The fourth-order valence-electron chi connectivity index (χ4n) is 2.80. The zero-order chi connectivity index (χ0) is 18.2. The van der Waals surface area contributed by atoms with Crippen LogP contribution in [0.5, 0.6) is 0 Å². The molecule has 0 fully saturated rings. The second-order valence-electron chi connectivity index (χ2n) is 5.57. The predicted molar refractivity (Wildman–Crippen MR) is 106 cm³/mol. The zero-order valence-corrected chi connectivity index (χ0v) is 15.6. The number of nitrogens with zero attached hydrogens (tertiary/aromatic N) is 2. The minimum atomic E-state index is 0.244. The lowest BCUT2D eigenvalue weighted by Gasteiger charge is -2.15. The van der Waals surface area contributed by atoms with Crippen molar-refractivity contribution in [2.75, 3.05) is 7.05 Å². The average molecular weight is 355 g/mol. The van der Waals surface area contributed by atoms with Gasteiger partial charge in [-0.25, -0.2) is 9.97 Å². The molecule has 1 aromatic carbocycles. The number of aryl methyl sites for hydroxylation is 1. The van der Waals surface area contributed by atoms with E-state index in [2.05, 4.69) is 34.3 Å². The van der Waals surface area contributed by atoms with E-state index in [1.54, 1.807) is 6.20 Å². The first kappa shape index (κ1) is 18.9. The van der Waals surface area contributed by atoms with Crippen molar-refractivity contribution >= 4 is 29.0 Å². The Balaban J connectivity index is 2.56. The molecular formula is C20H23ClN4. The predicted octanol–water partition coefficient (Wildman–Crippen LogP) is 4.74. The molecule has 2 N–H and O–H groups in total. The molecule has 5 heteroatoms. The molecular weight excluding hydrogens is 332 g/mol. The molecule has 0 radical (unpaired) electrons. The van der Waals surface area contributed by atoms with Gasteiger partial charge in [-0.2, -0.15) is 0 Å². The van der Waals surface area contributed by atoms with E-state index in [0.717, 1.165) is 40.8 Å². The van der Waals surface area contributed by atoms with Crippen LogP contribution in [0.4, 0.5) is 0 Å². The van der Waals surface area contributed by atoms with Crippen LogP contribution in [-0.2, 0) is 6.42 Å². The summed E-state index contributed by atoms with van der Waals surface area (Å²) in [6, 6.07) is 8.15. The van der Waals surface area contributed by atoms with Crippen LogP contribution in [0.3, 0.4) is 0 Å². The molecule has 25 heavy (non-hydrogen) atoms. The lowest BCUT2D eigenvalue weighted by molar-refractivity contribution is 0.917. The van der Waals surface area contributed by atoms with Crippen LogP contribution in [-0.4, -0.2) is 23.2 Å². The third kappa shape index (κ3) is 4.54. The normalized spacial score (nSPS) is 12.2. The van der Waals surface area contributed by atoms with Gasteiger partial charge in [0.25, 0.3) is 0 Å². The Morgan fingerprint density at radius 3 is 2.72 bits per heavy atom. The third-order valence-electron chi connectivity index (χ3n) is 3.89. The Morgan fingerprint density at radius 1 is 1.32 bits per heavy atom. The SMILES string of the molecule is C/C=C(/c1ccnc(Cl)n1)c1ccc(/C(C=N)=C/NC)cc1CCC. The lowest BCUT2D eigenvalue weighted by atomic mass is 9.91. The Bertz CT molecular complexity index is 809.